The van der Waals surface area contributed by atoms with Crippen LogP contribution in [0.4, 0.5) is 5.82 Å². The lowest BCUT2D eigenvalue weighted by Gasteiger charge is -2.21. The third kappa shape index (κ3) is 3.07. The molecular formula is C14H18ClN3O. The van der Waals surface area contributed by atoms with Crippen molar-refractivity contribution >= 4 is 17.4 Å². The number of nitrogens with zero attached hydrogens (tertiary/aromatic N) is 3. The van der Waals surface area contributed by atoms with Crippen molar-refractivity contribution in [2.24, 2.45) is 0 Å². The average Bonchev–Trinajstić information content (AvgIpc) is 2.78. The van der Waals surface area contributed by atoms with E-state index in [2.05, 4.69) is 21.8 Å². The number of hydrogen-bond donors (Lipinski definition) is 0. The molecule has 2 aromatic rings. The second kappa shape index (κ2) is 6.06. The van der Waals surface area contributed by atoms with E-state index in [4.69, 9.17) is 16.0 Å². The minimum absolute atomic E-state index is 0.544. The highest BCUT2D eigenvalue weighted by Crippen LogP contribution is 2.25. The molecule has 2 heterocycles. The Morgan fingerprint density at radius 2 is 2.16 bits per heavy atom. The maximum Gasteiger partial charge on any atom is 0.137 e. The topological polar surface area (TPSA) is 42.2 Å². The van der Waals surface area contributed by atoms with E-state index in [1.807, 2.05) is 20.0 Å². The number of aromatic nitrogens is 2. The van der Waals surface area contributed by atoms with E-state index >= 15 is 0 Å². The zero-order valence-electron chi connectivity index (χ0n) is 11.5. The van der Waals surface area contributed by atoms with Crippen molar-refractivity contribution in [3.05, 3.63) is 40.7 Å². The summed E-state index contributed by atoms with van der Waals surface area (Å²) in [6, 6.07) is 1.98. The summed E-state index contributed by atoms with van der Waals surface area (Å²) in [7, 11) is 2.00. The Morgan fingerprint density at radius 3 is 2.79 bits per heavy atom. The molecule has 0 saturated heterocycles. The van der Waals surface area contributed by atoms with E-state index in [0.29, 0.717) is 5.15 Å². The van der Waals surface area contributed by atoms with Gasteiger partial charge in [0.25, 0.3) is 0 Å². The highest BCUT2D eigenvalue weighted by atomic mass is 35.5. The largest absolute Gasteiger partial charge is 0.469 e. The predicted octanol–water partition coefficient (Wildman–Crippen LogP) is 3.62. The molecule has 102 valence electrons. The molecule has 0 aromatic carbocycles. The average molecular weight is 280 g/mol. The summed E-state index contributed by atoms with van der Waals surface area (Å²) in [5.74, 6) is 1.83. The fourth-order valence-electron chi connectivity index (χ4n) is 2.08. The van der Waals surface area contributed by atoms with Crippen molar-refractivity contribution in [2.75, 3.05) is 11.9 Å². The minimum atomic E-state index is 0.544. The first-order valence-electron chi connectivity index (χ1n) is 6.37. The van der Waals surface area contributed by atoms with Gasteiger partial charge in [0.15, 0.2) is 0 Å². The number of hydrogen-bond acceptors (Lipinski definition) is 4. The zero-order valence-corrected chi connectivity index (χ0v) is 12.2. The van der Waals surface area contributed by atoms with Crippen LogP contribution in [0.2, 0.25) is 5.15 Å². The molecule has 0 aliphatic heterocycles. The molecule has 0 N–H and O–H groups in total. The first-order valence-corrected chi connectivity index (χ1v) is 6.74. The second-order valence-electron chi connectivity index (χ2n) is 4.57. The van der Waals surface area contributed by atoms with E-state index in [1.54, 1.807) is 6.26 Å². The molecule has 0 aliphatic carbocycles. The van der Waals surface area contributed by atoms with Gasteiger partial charge in [-0.05, 0) is 19.4 Å². The highest BCUT2D eigenvalue weighted by molar-refractivity contribution is 6.30. The Kier molecular flexibility index (Phi) is 4.43. The third-order valence-corrected chi connectivity index (χ3v) is 3.43. The van der Waals surface area contributed by atoms with Crippen LogP contribution in [-0.2, 0) is 13.0 Å². The van der Waals surface area contributed by atoms with Crippen molar-refractivity contribution in [3.8, 4) is 0 Å². The lowest BCUT2D eigenvalue weighted by Crippen LogP contribution is -2.20. The number of furan rings is 1. The van der Waals surface area contributed by atoms with Crippen LogP contribution in [0, 0.1) is 6.92 Å². The van der Waals surface area contributed by atoms with E-state index in [1.165, 1.54) is 6.33 Å². The molecule has 0 atom stereocenters. The molecule has 0 bridgehead atoms. The van der Waals surface area contributed by atoms with E-state index < -0.39 is 0 Å². The molecule has 19 heavy (non-hydrogen) atoms. The van der Waals surface area contributed by atoms with E-state index in [-0.39, 0.29) is 0 Å². The first kappa shape index (κ1) is 13.9. The molecule has 0 unspecified atom stereocenters. The summed E-state index contributed by atoms with van der Waals surface area (Å²) in [5, 5.41) is 0.544. The smallest absolute Gasteiger partial charge is 0.137 e. The van der Waals surface area contributed by atoms with Crippen molar-refractivity contribution in [1.29, 1.82) is 0 Å². The zero-order chi connectivity index (χ0) is 13.8. The van der Waals surface area contributed by atoms with Crippen LogP contribution >= 0.6 is 11.6 Å². The van der Waals surface area contributed by atoms with Gasteiger partial charge < -0.3 is 9.32 Å². The van der Waals surface area contributed by atoms with Crippen molar-refractivity contribution in [3.63, 3.8) is 0 Å². The van der Waals surface area contributed by atoms with Crippen molar-refractivity contribution in [1.82, 2.24) is 9.97 Å². The Bertz CT molecular complexity index is 553. The lowest BCUT2D eigenvalue weighted by atomic mass is 10.1. The monoisotopic (exact) mass is 279 g/mol. The maximum absolute atomic E-state index is 6.17. The highest BCUT2D eigenvalue weighted by Gasteiger charge is 2.14. The minimum Gasteiger partial charge on any atom is -0.469 e. The molecule has 5 heteroatoms. The molecule has 4 nitrogen and oxygen atoms in total. The maximum atomic E-state index is 6.17. The van der Waals surface area contributed by atoms with Gasteiger partial charge in [-0.25, -0.2) is 9.97 Å². The summed E-state index contributed by atoms with van der Waals surface area (Å²) in [4.78, 5) is 10.5. The third-order valence-electron chi connectivity index (χ3n) is 3.11. The fourth-order valence-corrected chi connectivity index (χ4v) is 2.30. The second-order valence-corrected chi connectivity index (χ2v) is 4.93. The van der Waals surface area contributed by atoms with Crippen LogP contribution < -0.4 is 4.90 Å². The van der Waals surface area contributed by atoms with E-state index in [9.17, 15) is 0 Å². The van der Waals surface area contributed by atoms with Gasteiger partial charge in [0.1, 0.15) is 23.1 Å². The van der Waals surface area contributed by atoms with E-state index in [0.717, 1.165) is 42.1 Å². The van der Waals surface area contributed by atoms with Crippen LogP contribution in [0.15, 0.2) is 23.1 Å². The number of rotatable bonds is 5. The Morgan fingerprint density at radius 1 is 1.37 bits per heavy atom. The number of anilines is 1. The van der Waals surface area contributed by atoms with Crippen molar-refractivity contribution < 1.29 is 4.42 Å². The molecule has 0 aliphatic rings. The standard InChI is InChI=1S/C14H18ClN3O/c1-4-5-12-13(15)16-9-17-14(12)18(3)8-11-6-7-19-10(11)2/h6-7,9H,4-5,8H2,1-3H3. The molecule has 2 aromatic heterocycles. The van der Waals surface area contributed by atoms with Gasteiger partial charge in [0.2, 0.25) is 0 Å². The molecule has 0 amide bonds. The summed E-state index contributed by atoms with van der Waals surface area (Å²) in [5.41, 5.74) is 2.16. The SMILES string of the molecule is CCCc1c(Cl)ncnc1N(C)Cc1ccoc1C. The first-order chi connectivity index (χ1) is 9.13. The molecular weight excluding hydrogens is 262 g/mol. The lowest BCUT2D eigenvalue weighted by molar-refractivity contribution is 0.529. The summed E-state index contributed by atoms with van der Waals surface area (Å²) in [6.45, 7) is 4.82. The molecule has 0 radical (unpaired) electrons. The summed E-state index contributed by atoms with van der Waals surface area (Å²) in [6.07, 6.45) is 5.11. The fraction of sp³-hybridized carbons (Fsp3) is 0.429. The quantitative estimate of drug-likeness (QED) is 0.784. The van der Waals surface area contributed by atoms with Gasteiger partial charge in [-0.3, -0.25) is 0 Å². The summed E-state index contributed by atoms with van der Waals surface area (Å²) < 4.78 is 5.32. The normalized spacial score (nSPS) is 10.7. The van der Waals surface area contributed by atoms with Crippen molar-refractivity contribution in [2.45, 2.75) is 33.2 Å². The predicted molar refractivity (Wildman–Crippen MR) is 76.6 cm³/mol. The summed E-state index contributed by atoms with van der Waals surface area (Å²) >= 11 is 6.17. The van der Waals surface area contributed by atoms with Crippen LogP contribution in [0.3, 0.4) is 0 Å². The van der Waals surface area contributed by atoms with Gasteiger partial charge in [-0.1, -0.05) is 24.9 Å². The number of halogens is 1. The number of aryl methyl sites for hydroxylation is 1. The molecule has 0 saturated carbocycles. The van der Waals surface area contributed by atoms with Gasteiger partial charge in [0.05, 0.1) is 6.26 Å². The van der Waals surface area contributed by atoms with Gasteiger partial charge in [-0.2, -0.15) is 0 Å². The van der Waals surface area contributed by atoms with Crippen LogP contribution in [0.25, 0.3) is 0 Å². The Hall–Kier alpha value is -1.55. The van der Waals surface area contributed by atoms with Crippen LogP contribution in [0.1, 0.15) is 30.2 Å². The Balaban J connectivity index is 2.26. The van der Waals surface area contributed by atoms with Gasteiger partial charge in [0, 0.05) is 24.7 Å². The molecule has 0 spiro atoms. The van der Waals surface area contributed by atoms with Crippen LogP contribution in [0.5, 0.6) is 0 Å². The van der Waals surface area contributed by atoms with Crippen LogP contribution in [-0.4, -0.2) is 17.0 Å². The molecule has 2 rings (SSSR count). The Labute approximate surface area is 118 Å². The van der Waals surface area contributed by atoms with Gasteiger partial charge in [-0.15, -0.1) is 0 Å². The molecule has 0 fully saturated rings. The van der Waals surface area contributed by atoms with Gasteiger partial charge >= 0.3 is 0 Å².